The van der Waals surface area contributed by atoms with Crippen LogP contribution in [0, 0.1) is 0 Å². The van der Waals surface area contributed by atoms with Crippen molar-refractivity contribution in [3.8, 4) is 5.75 Å². The highest BCUT2D eigenvalue weighted by Crippen LogP contribution is 2.10. The number of benzene rings is 1. The number of rotatable bonds is 6. The molecular formula is C12H18O3. The number of hydrogen-bond donors (Lipinski definition) is 1. The Bertz CT molecular complexity index is 261. The summed E-state index contributed by atoms with van der Waals surface area (Å²) in [4.78, 5) is 0. The highest BCUT2D eigenvalue weighted by Gasteiger charge is 2.06. The Balaban J connectivity index is 2.27. The molecule has 1 aromatic rings. The molecule has 1 aromatic carbocycles. The van der Waals surface area contributed by atoms with E-state index in [1.165, 1.54) is 0 Å². The lowest BCUT2D eigenvalue weighted by molar-refractivity contribution is -0.0110. The van der Waals surface area contributed by atoms with Crippen molar-refractivity contribution in [1.82, 2.24) is 0 Å². The summed E-state index contributed by atoms with van der Waals surface area (Å²) in [5, 5.41) is 8.77. The van der Waals surface area contributed by atoms with Crippen molar-refractivity contribution in [3.05, 3.63) is 30.3 Å². The van der Waals surface area contributed by atoms with E-state index >= 15 is 0 Å². The minimum atomic E-state index is -0.133. The highest BCUT2D eigenvalue weighted by atomic mass is 16.5. The molecule has 0 saturated carbocycles. The summed E-state index contributed by atoms with van der Waals surface area (Å²) < 4.78 is 11.0. The van der Waals surface area contributed by atoms with E-state index in [1.54, 1.807) is 0 Å². The molecule has 15 heavy (non-hydrogen) atoms. The van der Waals surface area contributed by atoms with Gasteiger partial charge in [-0.15, -0.1) is 0 Å². The minimum absolute atomic E-state index is 0.0126. The van der Waals surface area contributed by atoms with Crippen LogP contribution in [-0.4, -0.2) is 30.5 Å². The second-order valence-electron chi connectivity index (χ2n) is 3.57. The van der Waals surface area contributed by atoms with Crippen LogP contribution in [-0.2, 0) is 4.74 Å². The van der Waals surface area contributed by atoms with Gasteiger partial charge in [-0.2, -0.15) is 0 Å². The van der Waals surface area contributed by atoms with Crippen LogP contribution in [0.25, 0.3) is 0 Å². The second-order valence-corrected chi connectivity index (χ2v) is 3.57. The Kier molecular flexibility index (Phi) is 5.15. The van der Waals surface area contributed by atoms with Gasteiger partial charge in [0.05, 0.1) is 19.3 Å². The van der Waals surface area contributed by atoms with Crippen LogP contribution in [0.2, 0.25) is 0 Å². The summed E-state index contributed by atoms with van der Waals surface area (Å²) in [5.74, 6) is 0.838. The Hall–Kier alpha value is -1.06. The fraction of sp³-hybridized carbons (Fsp3) is 0.500. The van der Waals surface area contributed by atoms with Gasteiger partial charge in [-0.25, -0.2) is 0 Å². The van der Waals surface area contributed by atoms with Crippen LogP contribution >= 0.6 is 0 Å². The third-order valence-corrected chi connectivity index (χ3v) is 1.95. The van der Waals surface area contributed by atoms with E-state index < -0.39 is 0 Å². The Morgan fingerprint density at radius 3 is 2.40 bits per heavy atom. The molecule has 84 valence electrons. The van der Waals surface area contributed by atoms with Gasteiger partial charge in [-0.3, -0.25) is 0 Å². The average molecular weight is 210 g/mol. The predicted octanol–water partition coefficient (Wildman–Crippen LogP) is 1.85. The van der Waals surface area contributed by atoms with E-state index in [4.69, 9.17) is 14.6 Å². The molecule has 2 unspecified atom stereocenters. The van der Waals surface area contributed by atoms with Gasteiger partial charge in [0.2, 0.25) is 0 Å². The van der Waals surface area contributed by atoms with Gasteiger partial charge in [0.15, 0.2) is 0 Å². The fourth-order valence-electron chi connectivity index (χ4n) is 1.12. The maximum atomic E-state index is 8.77. The summed E-state index contributed by atoms with van der Waals surface area (Å²) in [6.07, 6.45) is -0.145. The fourth-order valence-corrected chi connectivity index (χ4v) is 1.12. The third-order valence-electron chi connectivity index (χ3n) is 1.95. The Morgan fingerprint density at radius 2 is 1.80 bits per heavy atom. The van der Waals surface area contributed by atoms with Crippen molar-refractivity contribution in [2.75, 3.05) is 13.2 Å². The zero-order valence-electron chi connectivity index (χ0n) is 9.22. The second kappa shape index (κ2) is 6.43. The standard InChI is InChI=1S/C12H18O3/c1-10(8-13)14-9-11(2)15-12-6-4-3-5-7-12/h3-7,10-11,13H,8-9H2,1-2H3. The predicted molar refractivity (Wildman–Crippen MR) is 59.0 cm³/mol. The zero-order valence-corrected chi connectivity index (χ0v) is 9.22. The number of aliphatic hydroxyl groups is 1. The van der Waals surface area contributed by atoms with Gasteiger partial charge in [-0.1, -0.05) is 18.2 Å². The van der Waals surface area contributed by atoms with E-state index in [0.717, 1.165) is 5.75 Å². The SMILES string of the molecule is CC(CO)OCC(C)Oc1ccccc1. The van der Waals surface area contributed by atoms with Gasteiger partial charge in [0.1, 0.15) is 11.9 Å². The maximum absolute atomic E-state index is 8.77. The summed E-state index contributed by atoms with van der Waals surface area (Å²) >= 11 is 0. The molecule has 3 heteroatoms. The first-order valence-electron chi connectivity index (χ1n) is 5.16. The lowest BCUT2D eigenvalue weighted by Crippen LogP contribution is -2.24. The van der Waals surface area contributed by atoms with Gasteiger partial charge in [0.25, 0.3) is 0 Å². The van der Waals surface area contributed by atoms with Crippen LogP contribution in [0.4, 0.5) is 0 Å². The van der Waals surface area contributed by atoms with Crippen molar-refractivity contribution in [1.29, 1.82) is 0 Å². The van der Waals surface area contributed by atoms with Crippen LogP contribution in [0.15, 0.2) is 30.3 Å². The van der Waals surface area contributed by atoms with Crippen LogP contribution < -0.4 is 4.74 Å². The number of para-hydroxylation sites is 1. The number of ether oxygens (including phenoxy) is 2. The molecule has 3 nitrogen and oxygen atoms in total. The summed E-state index contributed by atoms with van der Waals surface area (Å²) in [6, 6.07) is 9.62. The van der Waals surface area contributed by atoms with Crippen molar-refractivity contribution < 1.29 is 14.6 Å². The largest absolute Gasteiger partial charge is 0.488 e. The van der Waals surface area contributed by atoms with E-state index in [1.807, 2.05) is 44.2 Å². The first kappa shape index (κ1) is 12.0. The molecular weight excluding hydrogens is 192 g/mol. The number of aliphatic hydroxyl groups excluding tert-OH is 1. The van der Waals surface area contributed by atoms with Crippen LogP contribution in [0.1, 0.15) is 13.8 Å². The van der Waals surface area contributed by atoms with Crippen molar-refractivity contribution >= 4 is 0 Å². The molecule has 0 heterocycles. The quantitative estimate of drug-likeness (QED) is 0.778. The molecule has 0 aromatic heterocycles. The summed E-state index contributed by atoms with van der Waals surface area (Å²) in [6.45, 7) is 4.29. The molecule has 0 saturated heterocycles. The van der Waals surface area contributed by atoms with Crippen molar-refractivity contribution in [2.24, 2.45) is 0 Å². The van der Waals surface area contributed by atoms with Gasteiger partial charge in [-0.05, 0) is 26.0 Å². The summed E-state index contributed by atoms with van der Waals surface area (Å²) in [5.41, 5.74) is 0. The summed E-state index contributed by atoms with van der Waals surface area (Å²) in [7, 11) is 0. The Labute approximate surface area is 90.6 Å². The van der Waals surface area contributed by atoms with Gasteiger partial charge in [0, 0.05) is 0 Å². The van der Waals surface area contributed by atoms with Crippen LogP contribution in [0.3, 0.4) is 0 Å². The molecule has 0 fully saturated rings. The monoisotopic (exact) mass is 210 g/mol. The molecule has 0 radical (unpaired) electrons. The first-order chi connectivity index (χ1) is 7.22. The maximum Gasteiger partial charge on any atom is 0.119 e. The first-order valence-corrected chi connectivity index (χ1v) is 5.16. The van der Waals surface area contributed by atoms with Crippen LogP contribution in [0.5, 0.6) is 5.75 Å². The lowest BCUT2D eigenvalue weighted by Gasteiger charge is -2.17. The third kappa shape index (κ3) is 4.81. The molecule has 0 spiro atoms. The minimum Gasteiger partial charge on any atom is -0.488 e. The normalized spacial score (nSPS) is 14.6. The molecule has 1 N–H and O–H groups in total. The molecule has 1 rings (SSSR count). The molecule has 0 bridgehead atoms. The molecule has 0 aliphatic rings. The van der Waals surface area contributed by atoms with E-state index in [9.17, 15) is 0 Å². The average Bonchev–Trinajstić information content (AvgIpc) is 2.27. The van der Waals surface area contributed by atoms with Gasteiger partial charge >= 0.3 is 0 Å². The van der Waals surface area contributed by atoms with E-state index in [2.05, 4.69) is 0 Å². The highest BCUT2D eigenvalue weighted by molar-refractivity contribution is 5.21. The molecule has 0 aliphatic carbocycles. The number of hydrogen-bond acceptors (Lipinski definition) is 3. The molecule has 0 aliphatic heterocycles. The molecule has 0 amide bonds. The van der Waals surface area contributed by atoms with Crippen molar-refractivity contribution in [2.45, 2.75) is 26.1 Å². The van der Waals surface area contributed by atoms with E-state index in [0.29, 0.717) is 6.61 Å². The van der Waals surface area contributed by atoms with Gasteiger partial charge < -0.3 is 14.6 Å². The van der Waals surface area contributed by atoms with E-state index in [-0.39, 0.29) is 18.8 Å². The topological polar surface area (TPSA) is 38.7 Å². The zero-order chi connectivity index (χ0) is 11.1. The van der Waals surface area contributed by atoms with Crippen molar-refractivity contribution in [3.63, 3.8) is 0 Å². The Morgan fingerprint density at radius 1 is 1.13 bits per heavy atom. The lowest BCUT2D eigenvalue weighted by atomic mass is 10.3. The molecule has 2 atom stereocenters. The smallest absolute Gasteiger partial charge is 0.119 e.